The Kier molecular flexibility index (Phi) is 9.44. The van der Waals surface area contributed by atoms with E-state index in [1.54, 1.807) is 29.2 Å². The van der Waals surface area contributed by atoms with Gasteiger partial charge in [0.05, 0.1) is 34.1 Å². The molecule has 34 heavy (non-hydrogen) atoms. The first-order chi connectivity index (χ1) is 15.9. The van der Waals surface area contributed by atoms with Crippen molar-refractivity contribution < 1.29 is 30.4 Å². The number of para-hydroxylation sites is 1. The van der Waals surface area contributed by atoms with Crippen LogP contribution >= 0.6 is 11.3 Å². The number of benzene rings is 2. The van der Waals surface area contributed by atoms with Crippen LogP contribution < -0.4 is 17.3 Å². The van der Waals surface area contributed by atoms with E-state index in [4.69, 9.17) is 4.74 Å². The van der Waals surface area contributed by atoms with Crippen molar-refractivity contribution >= 4 is 42.4 Å². The molecule has 1 fully saturated rings. The predicted octanol–water partition coefficient (Wildman–Crippen LogP) is 0.528. The number of aromatic nitrogens is 1. The number of sulfone groups is 1. The third-order valence-electron chi connectivity index (χ3n) is 5.74. The zero-order valence-corrected chi connectivity index (χ0v) is 21.5. The topological polar surface area (TPSA) is 79.8 Å². The van der Waals surface area contributed by atoms with Gasteiger partial charge in [0.15, 0.2) is 15.0 Å². The minimum Gasteiger partial charge on any atom is -1.00 e. The minimum atomic E-state index is -3.54. The average molecular weight is 523 g/mol. The van der Waals surface area contributed by atoms with Crippen molar-refractivity contribution in [2.75, 3.05) is 50.0 Å². The highest BCUT2D eigenvalue weighted by atomic mass is 35.5. The van der Waals surface area contributed by atoms with Crippen LogP contribution in [0, 0.1) is 6.92 Å². The molecule has 0 aliphatic carbocycles. The van der Waals surface area contributed by atoms with Gasteiger partial charge in [0.2, 0.25) is 5.91 Å². The number of anilines is 1. The number of nitrogens with zero attached hydrogens (tertiary/aromatic N) is 3. The van der Waals surface area contributed by atoms with E-state index in [0.29, 0.717) is 11.7 Å². The summed E-state index contributed by atoms with van der Waals surface area (Å²) in [5.41, 5.74) is 1.84. The van der Waals surface area contributed by atoms with Crippen LogP contribution in [0.1, 0.15) is 18.4 Å². The fourth-order valence-electron chi connectivity index (χ4n) is 3.80. The number of fused-ring (bicyclic) bond motifs is 1. The second-order valence-corrected chi connectivity index (χ2v) is 11.3. The summed E-state index contributed by atoms with van der Waals surface area (Å²) in [6.07, 6.45) is 0.704. The Balaban J connectivity index is 0.00000324. The number of amides is 1. The lowest BCUT2D eigenvalue weighted by atomic mass is 10.2. The first kappa shape index (κ1) is 26.6. The number of morpholine rings is 1. The largest absolute Gasteiger partial charge is 1.00 e. The molecule has 10 heteroatoms. The number of thiazole rings is 1. The zero-order chi connectivity index (χ0) is 23.3. The standard InChI is InChI=1S/C24H29N3O4S2.ClH/c1-19-7-9-20(10-8-19)33(29,30)18-11-23(28)27(13-4-12-26-14-16-31-17-15-26)24-25-21-5-2-3-6-22(21)32-24;/h2-3,5-10H,4,11-18H2,1H3;1H/p-1. The first-order valence-electron chi connectivity index (χ1n) is 11.2. The normalized spacial score (nSPS) is 14.6. The highest BCUT2D eigenvalue weighted by molar-refractivity contribution is 7.91. The van der Waals surface area contributed by atoms with Crippen LogP contribution in [0.4, 0.5) is 5.13 Å². The third kappa shape index (κ3) is 6.76. The summed E-state index contributed by atoms with van der Waals surface area (Å²) in [4.78, 5) is 22.1. The van der Waals surface area contributed by atoms with Crippen LogP contribution in [-0.4, -0.2) is 69.4 Å². The molecular formula is C24H29ClN3O4S2-. The number of carbonyl (C=O) groups is 1. The number of ether oxygens (including phenoxy) is 1. The SMILES string of the molecule is Cc1ccc(S(=O)(=O)CCC(=O)N(CCCN2CCOCC2)c2nc3ccccc3s2)cc1.[Cl-]. The summed E-state index contributed by atoms with van der Waals surface area (Å²) >= 11 is 1.46. The summed E-state index contributed by atoms with van der Waals surface area (Å²) in [6.45, 7) is 6.52. The molecule has 1 aliphatic rings. The van der Waals surface area contributed by atoms with Crippen LogP contribution in [0.2, 0.25) is 0 Å². The van der Waals surface area contributed by atoms with Gasteiger partial charge in [-0.05, 0) is 37.6 Å². The Morgan fingerprint density at radius 3 is 2.53 bits per heavy atom. The van der Waals surface area contributed by atoms with E-state index in [1.165, 1.54) is 11.3 Å². The summed E-state index contributed by atoms with van der Waals surface area (Å²) in [5, 5.41) is 0.621. The van der Waals surface area contributed by atoms with Gasteiger partial charge in [0.25, 0.3) is 0 Å². The molecule has 2 aromatic carbocycles. The van der Waals surface area contributed by atoms with Gasteiger partial charge in [-0.3, -0.25) is 14.6 Å². The molecule has 0 bridgehead atoms. The fraction of sp³-hybridized carbons (Fsp3) is 0.417. The molecule has 2 heterocycles. The van der Waals surface area contributed by atoms with Gasteiger partial charge < -0.3 is 17.1 Å². The Hall–Kier alpha value is -2.04. The zero-order valence-electron chi connectivity index (χ0n) is 19.2. The predicted molar refractivity (Wildman–Crippen MR) is 132 cm³/mol. The highest BCUT2D eigenvalue weighted by Crippen LogP contribution is 2.29. The van der Waals surface area contributed by atoms with Crippen molar-refractivity contribution in [3.63, 3.8) is 0 Å². The van der Waals surface area contributed by atoms with Crippen molar-refractivity contribution in [2.24, 2.45) is 0 Å². The molecule has 1 aliphatic heterocycles. The highest BCUT2D eigenvalue weighted by Gasteiger charge is 2.23. The Labute approximate surface area is 211 Å². The van der Waals surface area contributed by atoms with Gasteiger partial charge in [0, 0.05) is 32.6 Å². The van der Waals surface area contributed by atoms with Crippen molar-refractivity contribution in [1.29, 1.82) is 0 Å². The maximum Gasteiger partial charge on any atom is 0.229 e. The van der Waals surface area contributed by atoms with Crippen LogP contribution in [0.15, 0.2) is 53.4 Å². The summed E-state index contributed by atoms with van der Waals surface area (Å²) in [7, 11) is -3.54. The number of halogens is 1. The molecule has 1 aromatic heterocycles. The molecule has 3 aromatic rings. The van der Waals surface area contributed by atoms with Gasteiger partial charge in [-0.15, -0.1) is 0 Å². The quantitative estimate of drug-likeness (QED) is 0.408. The van der Waals surface area contributed by atoms with Gasteiger partial charge in [-0.1, -0.05) is 41.2 Å². The van der Waals surface area contributed by atoms with Gasteiger partial charge in [-0.2, -0.15) is 0 Å². The van der Waals surface area contributed by atoms with E-state index in [1.807, 2.05) is 31.2 Å². The molecule has 0 unspecified atom stereocenters. The summed E-state index contributed by atoms with van der Waals surface area (Å²) in [6, 6.07) is 14.5. The molecule has 7 nitrogen and oxygen atoms in total. The lowest BCUT2D eigenvalue weighted by Crippen LogP contribution is -3.00. The summed E-state index contributed by atoms with van der Waals surface area (Å²) in [5.74, 6) is -0.438. The first-order valence-corrected chi connectivity index (χ1v) is 13.6. The van der Waals surface area contributed by atoms with Crippen LogP contribution in [-0.2, 0) is 19.4 Å². The Morgan fingerprint density at radius 1 is 1.12 bits per heavy atom. The molecule has 0 spiro atoms. The number of rotatable bonds is 9. The van der Waals surface area contributed by atoms with Crippen LogP contribution in [0.5, 0.6) is 0 Å². The van der Waals surface area contributed by atoms with E-state index < -0.39 is 9.84 Å². The van der Waals surface area contributed by atoms with Crippen molar-refractivity contribution in [2.45, 2.75) is 24.7 Å². The van der Waals surface area contributed by atoms with Crippen LogP contribution in [0.3, 0.4) is 0 Å². The van der Waals surface area contributed by atoms with Crippen molar-refractivity contribution in [1.82, 2.24) is 9.88 Å². The second kappa shape index (κ2) is 12.1. The van der Waals surface area contributed by atoms with Gasteiger partial charge >= 0.3 is 0 Å². The maximum absolute atomic E-state index is 13.2. The fourth-order valence-corrected chi connectivity index (χ4v) is 6.04. The number of carbonyl (C=O) groups excluding carboxylic acids is 1. The van der Waals surface area contributed by atoms with E-state index in [-0.39, 0.29) is 35.4 Å². The number of hydrogen-bond acceptors (Lipinski definition) is 7. The van der Waals surface area contributed by atoms with Crippen LogP contribution in [0.25, 0.3) is 10.2 Å². The van der Waals surface area contributed by atoms with Crippen molar-refractivity contribution in [3.8, 4) is 0 Å². The molecule has 1 saturated heterocycles. The average Bonchev–Trinajstić information content (AvgIpc) is 3.25. The lowest BCUT2D eigenvalue weighted by molar-refractivity contribution is -0.118. The second-order valence-electron chi connectivity index (χ2n) is 8.20. The van der Waals surface area contributed by atoms with E-state index in [2.05, 4.69) is 9.88 Å². The molecule has 1 amide bonds. The van der Waals surface area contributed by atoms with E-state index in [0.717, 1.165) is 55.0 Å². The molecule has 0 atom stereocenters. The number of hydrogen-bond donors (Lipinski definition) is 0. The smallest absolute Gasteiger partial charge is 0.229 e. The lowest BCUT2D eigenvalue weighted by Gasteiger charge is -2.27. The van der Waals surface area contributed by atoms with E-state index >= 15 is 0 Å². The molecule has 4 rings (SSSR count). The molecular weight excluding hydrogens is 494 g/mol. The Bertz CT molecular complexity index is 1160. The van der Waals surface area contributed by atoms with Gasteiger partial charge in [0.1, 0.15) is 0 Å². The Morgan fingerprint density at radius 2 is 1.82 bits per heavy atom. The molecule has 184 valence electrons. The molecule has 0 N–H and O–H groups in total. The summed E-state index contributed by atoms with van der Waals surface area (Å²) < 4.78 is 31.9. The molecule has 0 saturated carbocycles. The van der Waals surface area contributed by atoms with Crippen molar-refractivity contribution in [3.05, 3.63) is 54.1 Å². The third-order valence-corrected chi connectivity index (χ3v) is 8.53. The molecule has 0 radical (unpaired) electrons. The minimum absolute atomic E-state index is 0. The number of aryl methyl sites for hydroxylation is 1. The van der Waals surface area contributed by atoms with E-state index in [9.17, 15) is 13.2 Å². The van der Waals surface area contributed by atoms with Gasteiger partial charge in [-0.25, -0.2) is 13.4 Å². The maximum atomic E-state index is 13.2. The monoisotopic (exact) mass is 522 g/mol.